The number of hydrogen-bond acceptors (Lipinski definition) is 5. The highest BCUT2D eigenvalue weighted by atomic mass is 32.2. The Morgan fingerprint density at radius 1 is 1.10 bits per heavy atom. The summed E-state index contributed by atoms with van der Waals surface area (Å²) in [6.07, 6.45) is 2.00. The van der Waals surface area contributed by atoms with Gasteiger partial charge in [-0.3, -0.25) is 14.4 Å². The lowest BCUT2D eigenvalue weighted by molar-refractivity contribution is -0.122. The number of carbonyl (C=O) groups excluding carboxylic acids is 3. The minimum absolute atomic E-state index is 0.0331. The van der Waals surface area contributed by atoms with Crippen LogP contribution in [0, 0.1) is 5.92 Å². The second kappa shape index (κ2) is 8.79. The molecule has 2 aromatic rings. The standard InChI is InChI=1S/C22H24N4O3S/c23-21(28)14-7-10-26(11-8-14)17-4-2-16(3-5-17)24-22(29)15-1-6-19-18(13-15)25-20(27)9-12-30-19/h1-6,13-14H,7-12H2,(H2,23,28)(H,24,29)(H,25,27). The number of anilines is 3. The number of nitrogens with zero attached hydrogens (tertiary/aromatic N) is 1. The largest absolute Gasteiger partial charge is 0.371 e. The van der Waals surface area contributed by atoms with Gasteiger partial charge in [0, 0.05) is 53.0 Å². The van der Waals surface area contributed by atoms with Crippen LogP contribution in [-0.4, -0.2) is 36.6 Å². The van der Waals surface area contributed by atoms with Crippen LogP contribution in [-0.2, 0) is 9.59 Å². The lowest BCUT2D eigenvalue weighted by Gasteiger charge is -2.32. The van der Waals surface area contributed by atoms with Gasteiger partial charge in [-0.2, -0.15) is 0 Å². The zero-order valence-electron chi connectivity index (χ0n) is 16.5. The zero-order valence-corrected chi connectivity index (χ0v) is 17.3. The van der Waals surface area contributed by atoms with Gasteiger partial charge in [0.2, 0.25) is 11.8 Å². The molecule has 0 aromatic heterocycles. The van der Waals surface area contributed by atoms with E-state index in [1.165, 1.54) is 0 Å². The monoisotopic (exact) mass is 424 g/mol. The van der Waals surface area contributed by atoms with E-state index in [9.17, 15) is 14.4 Å². The van der Waals surface area contributed by atoms with Gasteiger partial charge in [0.25, 0.3) is 5.91 Å². The van der Waals surface area contributed by atoms with E-state index in [1.807, 2.05) is 30.3 Å². The van der Waals surface area contributed by atoms with Crippen LogP contribution in [0.15, 0.2) is 47.4 Å². The van der Waals surface area contributed by atoms with Crippen molar-refractivity contribution in [2.45, 2.75) is 24.2 Å². The van der Waals surface area contributed by atoms with E-state index in [4.69, 9.17) is 5.73 Å². The average molecular weight is 425 g/mol. The fraction of sp³-hybridized carbons (Fsp3) is 0.318. The van der Waals surface area contributed by atoms with Crippen LogP contribution >= 0.6 is 11.8 Å². The van der Waals surface area contributed by atoms with Crippen LogP contribution in [0.5, 0.6) is 0 Å². The Hall–Kier alpha value is -3.00. The highest BCUT2D eigenvalue weighted by Gasteiger charge is 2.23. The Bertz CT molecular complexity index is 969. The molecular formula is C22H24N4O3S. The van der Waals surface area contributed by atoms with Crippen molar-refractivity contribution in [2.75, 3.05) is 34.4 Å². The highest BCUT2D eigenvalue weighted by Crippen LogP contribution is 2.32. The molecule has 0 unspecified atom stereocenters. The highest BCUT2D eigenvalue weighted by molar-refractivity contribution is 7.99. The van der Waals surface area contributed by atoms with Gasteiger partial charge in [-0.15, -0.1) is 11.8 Å². The molecule has 2 heterocycles. The molecule has 3 amide bonds. The maximum Gasteiger partial charge on any atom is 0.255 e. The number of nitrogens with two attached hydrogens (primary N) is 1. The van der Waals surface area contributed by atoms with Gasteiger partial charge in [0.05, 0.1) is 5.69 Å². The van der Waals surface area contributed by atoms with Gasteiger partial charge in [0.1, 0.15) is 0 Å². The Kier molecular flexibility index (Phi) is 5.94. The number of carbonyl (C=O) groups is 3. The van der Waals surface area contributed by atoms with Gasteiger partial charge in [0.15, 0.2) is 0 Å². The zero-order chi connectivity index (χ0) is 21.1. The van der Waals surface area contributed by atoms with E-state index in [1.54, 1.807) is 23.9 Å². The number of benzene rings is 2. The van der Waals surface area contributed by atoms with Crippen molar-refractivity contribution in [3.05, 3.63) is 48.0 Å². The quantitative estimate of drug-likeness (QED) is 0.700. The number of amides is 3. The lowest BCUT2D eigenvalue weighted by Crippen LogP contribution is -2.38. The summed E-state index contributed by atoms with van der Waals surface area (Å²) in [7, 11) is 0. The Morgan fingerprint density at radius 3 is 2.53 bits per heavy atom. The Morgan fingerprint density at radius 2 is 1.83 bits per heavy atom. The number of fused-ring (bicyclic) bond motifs is 1. The van der Waals surface area contributed by atoms with Crippen LogP contribution in [0.1, 0.15) is 29.6 Å². The molecule has 1 fully saturated rings. The molecule has 0 saturated carbocycles. The molecule has 0 aliphatic carbocycles. The maximum atomic E-state index is 12.7. The number of rotatable bonds is 4. The molecule has 156 valence electrons. The molecule has 2 aliphatic heterocycles. The van der Waals surface area contributed by atoms with E-state index in [2.05, 4.69) is 15.5 Å². The van der Waals surface area contributed by atoms with Crippen molar-refractivity contribution in [2.24, 2.45) is 11.7 Å². The van der Waals surface area contributed by atoms with Gasteiger partial charge in [-0.25, -0.2) is 0 Å². The molecule has 0 bridgehead atoms. The van der Waals surface area contributed by atoms with Crippen LogP contribution < -0.4 is 21.3 Å². The predicted molar refractivity (Wildman–Crippen MR) is 119 cm³/mol. The van der Waals surface area contributed by atoms with Crippen LogP contribution in [0.2, 0.25) is 0 Å². The third kappa shape index (κ3) is 4.59. The van der Waals surface area contributed by atoms with Gasteiger partial charge < -0.3 is 21.3 Å². The Balaban J connectivity index is 1.40. The predicted octanol–water partition coefficient (Wildman–Crippen LogP) is 3.07. The molecule has 4 N–H and O–H groups in total. The minimum Gasteiger partial charge on any atom is -0.371 e. The normalized spacial score (nSPS) is 16.9. The van der Waals surface area contributed by atoms with E-state index in [0.29, 0.717) is 23.4 Å². The number of primary amides is 1. The summed E-state index contributed by atoms with van der Waals surface area (Å²) in [6.45, 7) is 1.58. The summed E-state index contributed by atoms with van der Waals surface area (Å²) in [4.78, 5) is 39.0. The Labute approximate surface area is 179 Å². The van der Waals surface area contributed by atoms with Crippen molar-refractivity contribution in [1.29, 1.82) is 0 Å². The van der Waals surface area contributed by atoms with Crippen molar-refractivity contribution in [3.63, 3.8) is 0 Å². The molecule has 4 rings (SSSR count). The molecule has 30 heavy (non-hydrogen) atoms. The smallest absolute Gasteiger partial charge is 0.255 e. The SMILES string of the molecule is NC(=O)C1CCN(c2ccc(NC(=O)c3ccc4c(c3)NC(=O)CCS4)cc2)CC1. The average Bonchev–Trinajstić information content (AvgIpc) is 2.94. The fourth-order valence-corrected chi connectivity index (χ4v) is 4.68. The van der Waals surface area contributed by atoms with Gasteiger partial charge in [-0.1, -0.05) is 0 Å². The molecule has 7 nitrogen and oxygen atoms in total. The molecule has 0 radical (unpaired) electrons. The molecule has 0 spiro atoms. The summed E-state index contributed by atoms with van der Waals surface area (Å²) in [6, 6.07) is 13.0. The fourth-order valence-electron chi connectivity index (χ4n) is 3.74. The number of nitrogens with one attached hydrogen (secondary N) is 2. The summed E-state index contributed by atoms with van der Waals surface area (Å²) in [5.41, 5.74) is 8.33. The van der Waals surface area contributed by atoms with E-state index in [0.717, 1.165) is 42.3 Å². The van der Waals surface area contributed by atoms with Crippen LogP contribution in [0.4, 0.5) is 17.1 Å². The third-order valence-corrected chi connectivity index (χ3v) is 6.57. The number of thioether (sulfide) groups is 1. The summed E-state index contributed by atoms with van der Waals surface area (Å²) < 4.78 is 0. The van der Waals surface area contributed by atoms with E-state index >= 15 is 0 Å². The molecule has 2 aliphatic rings. The summed E-state index contributed by atoms with van der Waals surface area (Å²) in [5, 5.41) is 5.77. The first-order chi connectivity index (χ1) is 14.5. The van der Waals surface area contributed by atoms with Gasteiger partial charge >= 0.3 is 0 Å². The van der Waals surface area contributed by atoms with E-state index < -0.39 is 0 Å². The lowest BCUT2D eigenvalue weighted by atomic mass is 9.96. The molecule has 1 saturated heterocycles. The van der Waals surface area contributed by atoms with Crippen molar-refractivity contribution in [3.8, 4) is 0 Å². The minimum atomic E-state index is -0.226. The third-order valence-electron chi connectivity index (χ3n) is 5.49. The first-order valence-electron chi connectivity index (χ1n) is 10.0. The van der Waals surface area contributed by atoms with Crippen molar-refractivity contribution < 1.29 is 14.4 Å². The topological polar surface area (TPSA) is 105 Å². The number of piperidine rings is 1. The first-order valence-corrected chi connectivity index (χ1v) is 11.0. The summed E-state index contributed by atoms with van der Waals surface area (Å²) in [5.74, 6) is 0.217. The molecular weight excluding hydrogens is 400 g/mol. The number of hydrogen-bond donors (Lipinski definition) is 3. The van der Waals surface area contributed by atoms with Gasteiger partial charge in [-0.05, 0) is 55.3 Å². The maximum absolute atomic E-state index is 12.7. The second-order valence-corrected chi connectivity index (χ2v) is 8.66. The van der Waals surface area contributed by atoms with Crippen molar-refractivity contribution >= 4 is 46.5 Å². The molecule has 0 atom stereocenters. The van der Waals surface area contributed by atoms with E-state index in [-0.39, 0.29) is 23.6 Å². The van der Waals surface area contributed by atoms with Crippen molar-refractivity contribution in [1.82, 2.24) is 0 Å². The van der Waals surface area contributed by atoms with Crippen LogP contribution in [0.25, 0.3) is 0 Å². The molecule has 2 aromatic carbocycles. The summed E-state index contributed by atoms with van der Waals surface area (Å²) >= 11 is 1.61. The first kappa shape index (κ1) is 20.3. The molecule has 8 heteroatoms. The van der Waals surface area contributed by atoms with Crippen LogP contribution in [0.3, 0.4) is 0 Å². The second-order valence-electron chi connectivity index (χ2n) is 7.52.